The molecule has 4 saturated carbocycles. The number of aliphatic hydroxyl groups excluding tert-OH is 1. The Morgan fingerprint density at radius 1 is 0.959 bits per heavy atom. The van der Waals surface area contributed by atoms with Gasteiger partial charge in [0.2, 0.25) is 23.4 Å². The smallest absolute Gasteiger partial charge is 0.243 e. The summed E-state index contributed by atoms with van der Waals surface area (Å²) in [6, 6.07) is -0.391. The SMILES string of the molecule is C[C@H](CCC(=O)NCCC1=CC(=O)C(=O)C=C1N1CCC[C@H]1C(=O)NC(C)(C)C)[C@H]1CC[C@H]2[C@@H]3CC[C@@H]4C[C@H](O)CC[C@]4(C)[C@H]3CC[C@]12C. The number of nitrogens with one attached hydrogen (secondary N) is 2. The van der Waals surface area contributed by atoms with Crippen LogP contribution in [0.5, 0.6) is 0 Å². The van der Waals surface area contributed by atoms with E-state index in [1.165, 1.54) is 57.1 Å². The van der Waals surface area contributed by atoms with Crippen LogP contribution in [0.15, 0.2) is 23.4 Å². The second kappa shape index (κ2) is 13.9. The molecule has 6 rings (SSSR count). The van der Waals surface area contributed by atoms with Crippen molar-refractivity contribution in [3.8, 4) is 0 Å². The number of amides is 2. The zero-order valence-electron chi connectivity index (χ0n) is 31.1. The van der Waals surface area contributed by atoms with Crippen LogP contribution in [0.1, 0.15) is 131 Å². The Hall–Kier alpha value is -2.48. The number of carbonyl (C=O) groups excluding carboxylic acids is 4. The second-order valence-electron chi connectivity index (χ2n) is 18.4. The van der Waals surface area contributed by atoms with Gasteiger partial charge in [0.25, 0.3) is 0 Å². The first kappa shape index (κ1) is 36.3. The first-order valence-electron chi connectivity index (χ1n) is 19.6. The maximum Gasteiger partial charge on any atom is 0.243 e. The maximum atomic E-state index is 13.1. The van der Waals surface area contributed by atoms with E-state index >= 15 is 0 Å². The molecule has 6 aliphatic rings. The lowest BCUT2D eigenvalue weighted by atomic mass is 9.44. The van der Waals surface area contributed by atoms with Crippen LogP contribution in [0, 0.1) is 46.3 Å². The van der Waals surface area contributed by atoms with Crippen molar-refractivity contribution in [2.75, 3.05) is 13.1 Å². The largest absolute Gasteiger partial charge is 0.393 e. The van der Waals surface area contributed by atoms with Crippen LogP contribution in [0.4, 0.5) is 0 Å². The summed E-state index contributed by atoms with van der Waals surface area (Å²) in [6.45, 7) is 14.4. The van der Waals surface area contributed by atoms with Gasteiger partial charge in [0.1, 0.15) is 6.04 Å². The molecular formula is C41H63N3O5. The van der Waals surface area contributed by atoms with Crippen molar-refractivity contribution in [2.45, 2.75) is 149 Å². The van der Waals surface area contributed by atoms with Crippen LogP contribution in [-0.2, 0) is 19.2 Å². The zero-order valence-corrected chi connectivity index (χ0v) is 31.1. The molecule has 272 valence electrons. The highest BCUT2D eigenvalue weighted by Crippen LogP contribution is 2.68. The molecule has 49 heavy (non-hydrogen) atoms. The Morgan fingerprint density at radius 2 is 1.67 bits per heavy atom. The Labute approximate surface area is 294 Å². The normalized spacial score (nSPS) is 38.2. The fourth-order valence-electron chi connectivity index (χ4n) is 12.0. The van der Waals surface area contributed by atoms with Crippen LogP contribution < -0.4 is 10.6 Å². The third kappa shape index (κ3) is 7.19. The molecule has 1 saturated heterocycles. The van der Waals surface area contributed by atoms with Gasteiger partial charge in [0.15, 0.2) is 0 Å². The second-order valence-corrected chi connectivity index (χ2v) is 18.4. The minimum absolute atomic E-state index is 0.0361. The molecule has 0 aromatic heterocycles. The first-order chi connectivity index (χ1) is 23.1. The lowest BCUT2D eigenvalue weighted by molar-refractivity contribution is -0.131. The number of allylic oxidation sites excluding steroid dienone is 3. The molecule has 8 nitrogen and oxygen atoms in total. The summed E-state index contributed by atoms with van der Waals surface area (Å²) in [4.78, 5) is 53.0. The van der Waals surface area contributed by atoms with Crippen molar-refractivity contribution < 1.29 is 24.3 Å². The van der Waals surface area contributed by atoms with Gasteiger partial charge >= 0.3 is 0 Å². The van der Waals surface area contributed by atoms with Gasteiger partial charge in [-0.25, -0.2) is 0 Å². The van der Waals surface area contributed by atoms with Gasteiger partial charge in [-0.1, -0.05) is 20.8 Å². The Morgan fingerprint density at radius 3 is 2.43 bits per heavy atom. The molecule has 0 unspecified atom stereocenters. The minimum Gasteiger partial charge on any atom is -0.393 e. The summed E-state index contributed by atoms with van der Waals surface area (Å²) in [5.74, 6) is 3.08. The van der Waals surface area contributed by atoms with Crippen LogP contribution in [0.3, 0.4) is 0 Å². The van der Waals surface area contributed by atoms with Crippen LogP contribution >= 0.6 is 0 Å². The highest BCUT2D eigenvalue weighted by atomic mass is 16.3. The summed E-state index contributed by atoms with van der Waals surface area (Å²) >= 11 is 0. The summed E-state index contributed by atoms with van der Waals surface area (Å²) in [5, 5.41) is 16.6. The average molecular weight is 678 g/mol. The van der Waals surface area contributed by atoms with Crippen molar-refractivity contribution in [1.29, 1.82) is 0 Å². The number of nitrogens with zero attached hydrogens (tertiary/aromatic N) is 1. The molecule has 3 N–H and O–H groups in total. The highest BCUT2D eigenvalue weighted by molar-refractivity contribution is 6.46. The number of hydrogen-bond donors (Lipinski definition) is 3. The quantitative estimate of drug-likeness (QED) is 0.196. The lowest BCUT2D eigenvalue weighted by Crippen LogP contribution is -2.54. The van der Waals surface area contributed by atoms with E-state index in [4.69, 9.17) is 0 Å². The molecule has 5 aliphatic carbocycles. The number of rotatable bonds is 9. The highest BCUT2D eigenvalue weighted by Gasteiger charge is 2.60. The van der Waals surface area contributed by atoms with E-state index in [0.29, 0.717) is 72.2 Å². The van der Waals surface area contributed by atoms with E-state index < -0.39 is 17.6 Å². The third-order valence-corrected chi connectivity index (χ3v) is 14.4. The molecule has 10 atom stereocenters. The summed E-state index contributed by atoms with van der Waals surface area (Å²) in [7, 11) is 0. The Bertz CT molecular complexity index is 1380. The van der Waals surface area contributed by atoms with E-state index in [1.54, 1.807) is 0 Å². The predicted molar refractivity (Wildman–Crippen MR) is 191 cm³/mol. The van der Waals surface area contributed by atoms with Crippen molar-refractivity contribution in [3.63, 3.8) is 0 Å². The molecule has 8 heteroatoms. The van der Waals surface area contributed by atoms with E-state index in [0.717, 1.165) is 43.4 Å². The van der Waals surface area contributed by atoms with Crippen LogP contribution in [0.2, 0.25) is 0 Å². The number of ketones is 2. The summed E-state index contributed by atoms with van der Waals surface area (Å²) < 4.78 is 0. The maximum absolute atomic E-state index is 13.1. The molecule has 0 aromatic carbocycles. The lowest BCUT2D eigenvalue weighted by Gasteiger charge is -2.61. The van der Waals surface area contributed by atoms with Gasteiger partial charge in [-0.3, -0.25) is 19.2 Å². The van der Waals surface area contributed by atoms with E-state index in [-0.39, 0.29) is 23.5 Å². The van der Waals surface area contributed by atoms with Gasteiger partial charge in [0.05, 0.1) is 6.10 Å². The van der Waals surface area contributed by atoms with Gasteiger partial charge in [-0.2, -0.15) is 0 Å². The van der Waals surface area contributed by atoms with E-state index in [2.05, 4.69) is 31.4 Å². The van der Waals surface area contributed by atoms with Gasteiger partial charge < -0.3 is 20.6 Å². The molecule has 1 heterocycles. The Kier molecular flexibility index (Phi) is 10.3. The van der Waals surface area contributed by atoms with Gasteiger partial charge in [-0.05, 0) is 162 Å². The summed E-state index contributed by atoms with van der Waals surface area (Å²) in [5.41, 5.74) is 1.73. The zero-order chi connectivity index (χ0) is 35.3. The predicted octanol–water partition coefficient (Wildman–Crippen LogP) is 6.27. The number of aliphatic hydroxyl groups is 1. The molecule has 0 spiro atoms. The van der Waals surface area contributed by atoms with Crippen molar-refractivity contribution >= 4 is 23.4 Å². The monoisotopic (exact) mass is 677 g/mol. The molecule has 0 radical (unpaired) electrons. The topological polar surface area (TPSA) is 116 Å². The van der Waals surface area contributed by atoms with Gasteiger partial charge in [0, 0.05) is 36.8 Å². The molecule has 0 aromatic rings. The van der Waals surface area contributed by atoms with Crippen molar-refractivity contribution in [2.24, 2.45) is 46.3 Å². The van der Waals surface area contributed by atoms with Crippen molar-refractivity contribution in [1.82, 2.24) is 15.5 Å². The fourth-order valence-corrected chi connectivity index (χ4v) is 12.0. The van der Waals surface area contributed by atoms with E-state index in [1.807, 2.05) is 25.7 Å². The average Bonchev–Trinajstić information content (AvgIpc) is 3.66. The molecule has 0 bridgehead atoms. The number of fused-ring (bicyclic) bond motifs is 5. The molecular weight excluding hydrogens is 614 g/mol. The number of hydrogen-bond acceptors (Lipinski definition) is 6. The standard InChI is InChI=1S/C41H63N3O5/c1-25(30-12-13-31-29-11-10-27-23-28(45)15-18-40(27,5)32(29)16-19-41(30,31)6)9-14-37(48)42-20-17-26-22-35(46)36(47)24-34(26)44-21-7-8-33(44)38(49)43-39(2,3)4/h22,24-25,27-33,45H,7-21,23H2,1-6H3,(H,42,48)(H,43,49)/t25-,27-,28-,29+,30-,31+,32+,33+,40+,41-/m1/s1. The fraction of sp³-hybridized carbons (Fsp3) is 0.805. The number of likely N-dealkylation sites (tertiary alicyclic amines) is 1. The van der Waals surface area contributed by atoms with Crippen LogP contribution in [0.25, 0.3) is 0 Å². The number of carbonyl (C=O) groups is 4. The third-order valence-electron chi connectivity index (χ3n) is 14.4. The summed E-state index contributed by atoms with van der Waals surface area (Å²) in [6.07, 6.45) is 17.0. The Balaban J connectivity index is 1.01. The molecule has 1 aliphatic heterocycles. The van der Waals surface area contributed by atoms with Crippen LogP contribution in [-0.4, -0.2) is 64.2 Å². The molecule has 2 amide bonds. The van der Waals surface area contributed by atoms with E-state index in [9.17, 15) is 24.3 Å². The van der Waals surface area contributed by atoms with Crippen molar-refractivity contribution in [3.05, 3.63) is 23.4 Å². The minimum atomic E-state index is -0.564. The molecule has 5 fully saturated rings. The van der Waals surface area contributed by atoms with Gasteiger partial charge in [-0.15, -0.1) is 0 Å². The first-order valence-corrected chi connectivity index (χ1v) is 19.6.